The number of halogens is 1. The van der Waals surface area contributed by atoms with Crippen molar-refractivity contribution in [2.24, 2.45) is 28.1 Å². The van der Waals surface area contributed by atoms with Crippen LogP contribution in [0.15, 0.2) is 42.1 Å². The molecule has 0 saturated heterocycles. The Morgan fingerprint density at radius 3 is 2.55 bits per heavy atom. The second-order valence-electron chi connectivity index (χ2n) is 15.0. The van der Waals surface area contributed by atoms with E-state index in [1.54, 1.807) is 6.07 Å². The minimum absolute atomic E-state index is 0.00987. The Morgan fingerprint density at radius 1 is 1.00 bits per heavy atom. The molecule has 3 nitrogen and oxygen atoms in total. The van der Waals surface area contributed by atoms with Gasteiger partial charge in [0.1, 0.15) is 5.82 Å². The Labute approximate surface area is 237 Å². The lowest BCUT2D eigenvalue weighted by Gasteiger charge is -2.69. The summed E-state index contributed by atoms with van der Waals surface area (Å²) in [5, 5.41) is 22.7. The van der Waals surface area contributed by atoms with Gasteiger partial charge in [0.2, 0.25) is 0 Å². The molecule has 0 unspecified atom stereocenters. The molecule has 1 heterocycles. The number of aromatic hydroxyl groups is 2. The van der Waals surface area contributed by atoms with E-state index in [4.69, 9.17) is 0 Å². The maximum Gasteiger partial charge on any atom is 0.160 e. The van der Waals surface area contributed by atoms with Crippen molar-refractivity contribution in [2.75, 3.05) is 0 Å². The molecule has 4 heteroatoms. The number of phenols is 2. The normalized spacial score (nSPS) is 38.7. The van der Waals surface area contributed by atoms with Crippen molar-refractivity contribution in [3.8, 4) is 11.5 Å². The average Bonchev–Trinajstić information content (AvgIpc) is 3.35. The molecule has 7 atom stereocenters. The first kappa shape index (κ1) is 26.2. The van der Waals surface area contributed by atoms with E-state index in [1.807, 2.05) is 25.3 Å². The van der Waals surface area contributed by atoms with Crippen LogP contribution in [0.1, 0.15) is 108 Å². The highest BCUT2D eigenvalue weighted by atomic mass is 19.1. The van der Waals surface area contributed by atoms with Crippen LogP contribution in [-0.4, -0.2) is 15.2 Å². The van der Waals surface area contributed by atoms with Gasteiger partial charge in [-0.2, -0.15) is 0 Å². The molecule has 4 aliphatic rings. The number of rotatable bonds is 1. The predicted octanol–water partition coefficient (Wildman–Crippen LogP) is 9.40. The molecule has 4 aliphatic carbocycles. The van der Waals surface area contributed by atoms with Gasteiger partial charge in [-0.25, -0.2) is 4.39 Å². The Bertz CT molecular complexity index is 1590. The van der Waals surface area contributed by atoms with Gasteiger partial charge in [0.25, 0.3) is 0 Å². The summed E-state index contributed by atoms with van der Waals surface area (Å²) in [6, 6.07) is 7.12. The van der Waals surface area contributed by atoms with Crippen LogP contribution in [-0.2, 0) is 5.41 Å². The van der Waals surface area contributed by atoms with Crippen LogP contribution in [0.3, 0.4) is 0 Å². The third kappa shape index (κ3) is 3.11. The van der Waals surface area contributed by atoms with E-state index in [2.05, 4.69) is 45.7 Å². The SMILES string of the molecule is Cc1c(O)c(O)cc2c1[C@H](c1c[nH]c3c(F)cccc13)C=C1[C@@]2(C)CC[C@@]2(C)[C@@H]3C[C@@H](C)CC[C@]3(C)CC[C@]12C. The van der Waals surface area contributed by atoms with E-state index in [0.29, 0.717) is 16.8 Å². The smallest absolute Gasteiger partial charge is 0.160 e. The first-order valence-corrected chi connectivity index (χ1v) is 15.4. The maximum atomic E-state index is 14.8. The van der Waals surface area contributed by atoms with Gasteiger partial charge in [-0.05, 0) is 108 Å². The summed E-state index contributed by atoms with van der Waals surface area (Å²) >= 11 is 0. The summed E-state index contributed by atoms with van der Waals surface area (Å²) in [4.78, 5) is 3.22. The van der Waals surface area contributed by atoms with Gasteiger partial charge in [-0.15, -0.1) is 0 Å². The molecule has 0 amide bonds. The summed E-state index contributed by atoms with van der Waals surface area (Å²) in [6.07, 6.45) is 13.0. The third-order valence-corrected chi connectivity index (χ3v) is 13.1. The zero-order chi connectivity index (χ0) is 28.4. The van der Waals surface area contributed by atoms with Crippen molar-refractivity contribution < 1.29 is 14.6 Å². The molecule has 2 aromatic carbocycles. The van der Waals surface area contributed by atoms with Crippen molar-refractivity contribution in [3.63, 3.8) is 0 Å². The van der Waals surface area contributed by atoms with E-state index in [1.165, 1.54) is 43.7 Å². The number of allylic oxidation sites excluding steroid dienone is 2. The van der Waals surface area contributed by atoms with Crippen molar-refractivity contribution in [1.82, 2.24) is 4.98 Å². The molecule has 0 spiro atoms. The highest BCUT2D eigenvalue weighted by Gasteiger charge is 2.65. The Kier molecular flexibility index (Phi) is 5.34. The zero-order valence-corrected chi connectivity index (χ0v) is 24.9. The van der Waals surface area contributed by atoms with Gasteiger partial charge in [-0.1, -0.05) is 64.8 Å². The van der Waals surface area contributed by atoms with Crippen LogP contribution < -0.4 is 0 Å². The van der Waals surface area contributed by atoms with Crippen LogP contribution in [0.4, 0.5) is 4.39 Å². The fourth-order valence-electron chi connectivity index (χ4n) is 10.4. The lowest BCUT2D eigenvalue weighted by atomic mass is 9.35. The van der Waals surface area contributed by atoms with Crippen LogP contribution in [0.5, 0.6) is 11.5 Å². The van der Waals surface area contributed by atoms with Crippen molar-refractivity contribution >= 4 is 10.9 Å². The standard InChI is InChI=1S/C36H44FNO2/c1-20-10-11-33(3)12-14-36(6)29-17-23(24-19-38-31-22(24)8-7-9-26(31)37)30-21(2)32(40)27(39)18-25(30)34(29,4)13-15-35(36,5)28(33)16-20/h7-9,17-20,23,28,38-40H,10-16H2,1-6H3/t20-,23-,28+,33+,34-,35-,36+/m0/s1. The van der Waals surface area contributed by atoms with Gasteiger partial charge in [0.05, 0.1) is 5.52 Å². The maximum absolute atomic E-state index is 14.8. The number of aromatic amines is 1. The number of benzene rings is 2. The highest BCUT2D eigenvalue weighted by molar-refractivity contribution is 5.86. The Morgan fingerprint density at radius 2 is 1.77 bits per heavy atom. The van der Waals surface area contributed by atoms with Gasteiger partial charge in [-0.3, -0.25) is 0 Å². The summed E-state index contributed by atoms with van der Waals surface area (Å²) in [5.41, 5.74) is 6.31. The summed E-state index contributed by atoms with van der Waals surface area (Å²) in [6.45, 7) is 14.4. The van der Waals surface area contributed by atoms with Gasteiger partial charge in [0, 0.05) is 22.9 Å². The number of para-hydroxylation sites is 1. The van der Waals surface area contributed by atoms with Crippen LogP contribution in [0, 0.1) is 40.8 Å². The zero-order valence-electron chi connectivity index (χ0n) is 24.9. The number of aromatic nitrogens is 1. The number of phenolic OH excluding ortho intramolecular Hbond substituents is 2. The molecule has 0 aliphatic heterocycles. The summed E-state index contributed by atoms with van der Waals surface area (Å²) in [7, 11) is 0. The van der Waals surface area contributed by atoms with Crippen LogP contribution in [0.25, 0.3) is 10.9 Å². The highest BCUT2D eigenvalue weighted by Crippen LogP contribution is 2.74. The molecule has 212 valence electrons. The molecule has 7 rings (SSSR count). The van der Waals surface area contributed by atoms with Gasteiger partial charge >= 0.3 is 0 Å². The first-order chi connectivity index (χ1) is 18.8. The molecular formula is C36H44FNO2. The summed E-state index contributed by atoms with van der Waals surface area (Å²) in [5.74, 6) is 0.966. The van der Waals surface area contributed by atoms with Gasteiger partial charge < -0.3 is 15.2 Å². The molecule has 3 aromatic rings. The monoisotopic (exact) mass is 541 g/mol. The first-order valence-electron chi connectivity index (χ1n) is 15.4. The van der Waals surface area contributed by atoms with E-state index in [0.717, 1.165) is 46.4 Å². The number of nitrogens with one attached hydrogen (secondary N) is 1. The molecule has 40 heavy (non-hydrogen) atoms. The summed E-state index contributed by atoms with van der Waals surface area (Å²) < 4.78 is 14.8. The minimum atomic E-state index is -0.252. The second-order valence-corrected chi connectivity index (χ2v) is 15.0. The van der Waals surface area contributed by atoms with E-state index in [9.17, 15) is 14.6 Å². The Balaban J connectivity index is 1.49. The van der Waals surface area contributed by atoms with E-state index >= 15 is 0 Å². The molecule has 0 bridgehead atoms. The number of fused-ring (bicyclic) bond motifs is 8. The van der Waals surface area contributed by atoms with Crippen molar-refractivity contribution in [2.45, 2.75) is 97.8 Å². The molecule has 0 radical (unpaired) electrons. The molecule has 3 fully saturated rings. The molecule has 1 aromatic heterocycles. The number of hydrogen-bond donors (Lipinski definition) is 3. The molecular weight excluding hydrogens is 497 g/mol. The lowest BCUT2D eigenvalue weighted by Crippen LogP contribution is -2.61. The topological polar surface area (TPSA) is 56.2 Å². The van der Waals surface area contributed by atoms with Gasteiger partial charge in [0.15, 0.2) is 11.5 Å². The fraction of sp³-hybridized carbons (Fsp3) is 0.556. The van der Waals surface area contributed by atoms with Crippen LogP contribution >= 0.6 is 0 Å². The predicted molar refractivity (Wildman–Crippen MR) is 159 cm³/mol. The molecule has 3 N–H and O–H groups in total. The lowest BCUT2D eigenvalue weighted by molar-refractivity contribution is -0.145. The van der Waals surface area contributed by atoms with E-state index < -0.39 is 0 Å². The molecule has 3 saturated carbocycles. The minimum Gasteiger partial charge on any atom is -0.504 e. The number of hydrogen-bond acceptors (Lipinski definition) is 2. The van der Waals surface area contributed by atoms with Crippen molar-refractivity contribution in [1.29, 1.82) is 0 Å². The quantitative estimate of drug-likeness (QED) is 0.212. The van der Waals surface area contributed by atoms with E-state index in [-0.39, 0.29) is 39.5 Å². The second kappa shape index (κ2) is 8.17. The van der Waals surface area contributed by atoms with Crippen molar-refractivity contribution in [3.05, 3.63) is 70.2 Å². The fourth-order valence-corrected chi connectivity index (χ4v) is 10.4. The average molecular weight is 542 g/mol. The van der Waals surface area contributed by atoms with Crippen LogP contribution in [0.2, 0.25) is 0 Å². The third-order valence-electron chi connectivity index (χ3n) is 13.1. The number of H-pyrrole nitrogens is 1. The largest absolute Gasteiger partial charge is 0.504 e. The Hall–Kier alpha value is -2.75.